The zero-order valence-electron chi connectivity index (χ0n) is 15.0. The average Bonchev–Trinajstić information content (AvgIpc) is 3.05. The third kappa shape index (κ3) is 3.77. The number of para-hydroxylation sites is 1. The number of ether oxygens (including phenoxy) is 2. The monoisotopic (exact) mass is 351 g/mol. The second-order valence-electron chi connectivity index (χ2n) is 6.30. The maximum atomic E-state index is 12.6. The van der Waals surface area contributed by atoms with Gasteiger partial charge in [0.05, 0.1) is 0 Å². The van der Waals surface area contributed by atoms with Crippen LogP contribution in [0, 0.1) is 13.8 Å². The number of rotatable bonds is 6. The van der Waals surface area contributed by atoms with Crippen molar-refractivity contribution in [2.75, 3.05) is 6.61 Å². The van der Waals surface area contributed by atoms with Gasteiger partial charge in [-0.1, -0.05) is 30.3 Å². The number of carbonyl (C=O) groups is 2. The van der Waals surface area contributed by atoms with Gasteiger partial charge in [-0.2, -0.15) is 0 Å². The van der Waals surface area contributed by atoms with Crippen LogP contribution in [0.5, 0.6) is 5.75 Å². The summed E-state index contributed by atoms with van der Waals surface area (Å²) in [6.45, 7) is 5.19. The van der Waals surface area contributed by atoms with Crippen LogP contribution in [0.1, 0.15) is 28.4 Å². The Morgan fingerprint density at radius 1 is 1.12 bits per heavy atom. The fourth-order valence-corrected chi connectivity index (χ4v) is 2.78. The van der Waals surface area contributed by atoms with E-state index in [0.717, 1.165) is 22.0 Å². The number of nitrogens with one attached hydrogen (secondary N) is 1. The van der Waals surface area contributed by atoms with Crippen LogP contribution in [0.3, 0.4) is 0 Å². The molecular weight excluding hydrogens is 330 g/mol. The zero-order chi connectivity index (χ0) is 18.7. The molecule has 2 aromatic carbocycles. The Morgan fingerprint density at radius 2 is 1.88 bits per heavy atom. The summed E-state index contributed by atoms with van der Waals surface area (Å²) in [4.78, 5) is 27.7. The van der Waals surface area contributed by atoms with Crippen molar-refractivity contribution >= 4 is 22.7 Å². The number of ketones is 1. The van der Waals surface area contributed by atoms with Crippen molar-refractivity contribution in [1.82, 2.24) is 4.98 Å². The number of hydrogen-bond acceptors (Lipinski definition) is 4. The van der Waals surface area contributed by atoms with Crippen LogP contribution in [-0.2, 0) is 9.53 Å². The molecule has 1 aromatic heterocycles. The Labute approximate surface area is 151 Å². The lowest BCUT2D eigenvalue weighted by atomic mass is 10.1. The van der Waals surface area contributed by atoms with E-state index in [1.807, 2.05) is 56.3 Å². The molecule has 5 heteroatoms. The van der Waals surface area contributed by atoms with Crippen molar-refractivity contribution in [2.45, 2.75) is 26.9 Å². The smallest absolute Gasteiger partial charge is 0.344 e. The summed E-state index contributed by atoms with van der Waals surface area (Å²) in [7, 11) is 0. The van der Waals surface area contributed by atoms with Gasteiger partial charge in [0.25, 0.3) is 0 Å². The third-order valence-corrected chi connectivity index (χ3v) is 4.22. The molecule has 26 heavy (non-hydrogen) atoms. The van der Waals surface area contributed by atoms with E-state index in [2.05, 4.69) is 4.98 Å². The van der Waals surface area contributed by atoms with Gasteiger partial charge in [0.2, 0.25) is 5.78 Å². The molecule has 1 heterocycles. The zero-order valence-corrected chi connectivity index (χ0v) is 15.0. The van der Waals surface area contributed by atoms with Crippen LogP contribution >= 0.6 is 0 Å². The predicted octanol–water partition coefficient (Wildman–Crippen LogP) is 3.98. The summed E-state index contributed by atoms with van der Waals surface area (Å²) in [5, 5.41) is 0.812. The average molecular weight is 351 g/mol. The molecule has 0 fully saturated rings. The minimum Gasteiger partial charge on any atom is -0.482 e. The fourth-order valence-electron chi connectivity index (χ4n) is 2.78. The molecule has 134 valence electrons. The lowest BCUT2D eigenvalue weighted by molar-refractivity contribution is -0.148. The van der Waals surface area contributed by atoms with Gasteiger partial charge < -0.3 is 14.5 Å². The molecule has 0 spiro atoms. The van der Waals surface area contributed by atoms with E-state index >= 15 is 0 Å². The SMILES string of the molecule is Cc1ccc(C)c(OCC(=O)O[C@H](C)C(=O)c2c[nH]c3ccccc23)c1. The molecular formula is C21H21NO4. The summed E-state index contributed by atoms with van der Waals surface area (Å²) in [5.74, 6) is -0.188. The molecule has 3 rings (SSSR count). The van der Waals surface area contributed by atoms with Gasteiger partial charge in [0.1, 0.15) is 5.75 Å². The number of aromatic amines is 1. The van der Waals surface area contributed by atoms with E-state index in [1.165, 1.54) is 0 Å². The lowest BCUT2D eigenvalue weighted by Gasteiger charge is -2.13. The number of esters is 1. The van der Waals surface area contributed by atoms with Gasteiger partial charge in [0, 0.05) is 22.7 Å². The fraction of sp³-hybridized carbons (Fsp3) is 0.238. The summed E-state index contributed by atoms with van der Waals surface area (Å²) in [5.41, 5.74) is 3.36. The van der Waals surface area contributed by atoms with E-state index in [0.29, 0.717) is 11.3 Å². The van der Waals surface area contributed by atoms with Crippen molar-refractivity contribution < 1.29 is 19.1 Å². The van der Waals surface area contributed by atoms with Gasteiger partial charge in [-0.05, 0) is 44.0 Å². The van der Waals surface area contributed by atoms with Crippen LogP contribution in [0.25, 0.3) is 10.9 Å². The number of aromatic nitrogens is 1. The molecule has 0 aliphatic rings. The van der Waals surface area contributed by atoms with Gasteiger partial charge >= 0.3 is 5.97 Å². The van der Waals surface area contributed by atoms with Crippen molar-refractivity contribution in [2.24, 2.45) is 0 Å². The van der Waals surface area contributed by atoms with E-state index in [9.17, 15) is 9.59 Å². The minimum absolute atomic E-state index is 0.240. The van der Waals surface area contributed by atoms with Gasteiger partial charge in [-0.15, -0.1) is 0 Å². The molecule has 1 atom stereocenters. The Morgan fingerprint density at radius 3 is 2.69 bits per heavy atom. The molecule has 0 radical (unpaired) electrons. The van der Waals surface area contributed by atoms with Crippen LogP contribution in [-0.4, -0.2) is 29.4 Å². The summed E-state index contributed by atoms with van der Waals surface area (Å²) >= 11 is 0. The number of benzene rings is 2. The number of H-pyrrole nitrogens is 1. The summed E-state index contributed by atoms with van der Waals surface area (Å²) in [6.07, 6.45) is 0.758. The molecule has 1 N–H and O–H groups in total. The summed E-state index contributed by atoms with van der Waals surface area (Å²) < 4.78 is 10.8. The second-order valence-corrected chi connectivity index (χ2v) is 6.30. The van der Waals surface area contributed by atoms with Gasteiger partial charge in [0.15, 0.2) is 12.7 Å². The number of Topliss-reactive ketones (excluding diaryl/α,β-unsaturated/α-hetero) is 1. The molecule has 3 aromatic rings. The van der Waals surface area contributed by atoms with Gasteiger partial charge in [-0.25, -0.2) is 4.79 Å². The number of carbonyl (C=O) groups excluding carboxylic acids is 2. The highest BCUT2D eigenvalue weighted by atomic mass is 16.6. The van der Waals surface area contributed by atoms with Crippen molar-refractivity contribution in [3.8, 4) is 5.75 Å². The topological polar surface area (TPSA) is 68.4 Å². The molecule has 0 amide bonds. The highest BCUT2D eigenvalue weighted by Crippen LogP contribution is 2.21. The van der Waals surface area contributed by atoms with Gasteiger partial charge in [-0.3, -0.25) is 4.79 Å². The van der Waals surface area contributed by atoms with Crippen LogP contribution in [0.2, 0.25) is 0 Å². The quantitative estimate of drug-likeness (QED) is 0.539. The molecule has 0 unspecified atom stereocenters. The predicted molar refractivity (Wildman–Crippen MR) is 99.6 cm³/mol. The second kappa shape index (κ2) is 7.44. The summed E-state index contributed by atoms with van der Waals surface area (Å²) in [6, 6.07) is 13.3. The number of hydrogen-bond donors (Lipinski definition) is 1. The highest BCUT2D eigenvalue weighted by Gasteiger charge is 2.22. The number of aryl methyl sites for hydroxylation is 2. The van der Waals surface area contributed by atoms with E-state index < -0.39 is 12.1 Å². The standard InChI is InChI=1S/C21H21NO4/c1-13-8-9-14(2)19(10-13)25-12-20(23)26-15(3)21(24)17-11-22-18-7-5-4-6-16(17)18/h4-11,15,22H,12H2,1-3H3/t15-/m1/s1. The Kier molecular flexibility index (Phi) is 5.07. The number of fused-ring (bicyclic) bond motifs is 1. The van der Waals surface area contributed by atoms with Crippen molar-refractivity contribution in [1.29, 1.82) is 0 Å². The Balaban J connectivity index is 1.62. The van der Waals surface area contributed by atoms with Crippen LogP contribution < -0.4 is 4.74 Å². The van der Waals surface area contributed by atoms with Crippen LogP contribution in [0.4, 0.5) is 0 Å². The Bertz CT molecular complexity index is 958. The molecule has 0 aliphatic heterocycles. The minimum atomic E-state index is -0.885. The lowest BCUT2D eigenvalue weighted by Crippen LogP contribution is -2.27. The van der Waals surface area contributed by atoms with Crippen molar-refractivity contribution in [3.63, 3.8) is 0 Å². The maximum absolute atomic E-state index is 12.6. The molecule has 5 nitrogen and oxygen atoms in total. The Hall–Kier alpha value is -3.08. The van der Waals surface area contributed by atoms with E-state index in [4.69, 9.17) is 9.47 Å². The molecule has 0 saturated heterocycles. The van der Waals surface area contributed by atoms with Crippen molar-refractivity contribution in [3.05, 3.63) is 65.4 Å². The first kappa shape index (κ1) is 17.7. The largest absolute Gasteiger partial charge is 0.482 e. The third-order valence-electron chi connectivity index (χ3n) is 4.22. The van der Waals surface area contributed by atoms with E-state index in [1.54, 1.807) is 13.1 Å². The molecule has 0 aliphatic carbocycles. The normalized spacial score (nSPS) is 12.0. The van der Waals surface area contributed by atoms with E-state index in [-0.39, 0.29) is 12.4 Å². The first-order valence-electron chi connectivity index (χ1n) is 8.45. The highest BCUT2D eigenvalue weighted by molar-refractivity contribution is 6.10. The first-order chi connectivity index (χ1) is 12.5. The maximum Gasteiger partial charge on any atom is 0.344 e. The van der Waals surface area contributed by atoms with Crippen LogP contribution in [0.15, 0.2) is 48.7 Å². The molecule has 0 bridgehead atoms. The molecule has 0 saturated carbocycles. The first-order valence-corrected chi connectivity index (χ1v) is 8.45.